The van der Waals surface area contributed by atoms with Gasteiger partial charge in [-0.2, -0.15) is 0 Å². The summed E-state index contributed by atoms with van der Waals surface area (Å²) in [4.78, 5) is 46.1. The van der Waals surface area contributed by atoms with Gasteiger partial charge in [-0.3, -0.25) is 4.79 Å². The van der Waals surface area contributed by atoms with Crippen LogP contribution >= 0.6 is 0 Å². The third-order valence-electron chi connectivity index (χ3n) is 6.61. The lowest BCUT2D eigenvalue weighted by Gasteiger charge is -2.11. The summed E-state index contributed by atoms with van der Waals surface area (Å²) in [6, 6.07) is 26.7. The van der Waals surface area contributed by atoms with Gasteiger partial charge >= 0.3 is 17.9 Å². The SMILES string of the molecule is C=C(C)C(=O)OCOc1ccc(C#Cc2ccc(-c3ccc(C#Cc4ccc(OCOC(=O)C(C)=O)cc4)cc3)c(OC(=O)C(=C)C)c2)cc1. The van der Waals surface area contributed by atoms with Crippen LogP contribution in [0.25, 0.3) is 11.1 Å². The number of hydrogen-bond donors (Lipinski definition) is 0. The van der Waals surface area contributed by atoms with E-state index in [2.05, 4.69) is 41.6 Å². The Morgan fingerprint density at radius 1 is 0.540 bits per heavy atom. The Bertz CT molecular complexity index is 2050. The minimum atomic E-state index is -0.959. The summed E-state index contributed by atoms with van der Waals surface area (Å²) in [5.74, 6) is 10.9. The maximum absolute atomic E-state index is 12.5. The Balaban J connectivity index is 1.45. The number of carbonyl (C=O) groups excluding carboxylic acids is 4. The molecule has 4 aromatic rings. The molecule has 50 heavy (non-hydrogen) atoms. The second kappa shape index (κ2) is 17.4. The van der Waals surface area contributed by atoms with E-state index < -0.39 is 23.7 Å². The van der Waals surface area contributed by atoms with Crippen molar-refractivity contribution in [1.29, 1.82) is 0 Å². The molecule has 0 bridgehead atoms. The first kappa shape index (κ1) is 36.0. The second-order valence-corrected chi connectivity index (χ2v) is 10.7. The molecule has 0 unspecified atom stereocenters. The Labute approximate surface area is 290 Å². The molecule has 250 valence electrons. The van der Waals surface area contributed by atoms with Gasteiger partial charge < -0.3 is 23.7 Å². The molecular weight excluding hydrogens is 636 g/mol. The van der Waals surface area contributed by atoms with E-state index in [1.165, 1.54) is 0 Å². The summed E-state index contributed by atoms with van der Waals surface area (Å²) in [6.07, 6.45) is 0. The van der Waals surface area contributed by atoms with Crippen molar-refractivity contribution in [2.24, 2.45) is 0 Å². The number of benzene rings is 4. The quantitative estimate of drug-likeness (QED) is 0.0438. The van der Waals surface area contributed by atoms with E-state index in [4.69, 9.17) is 18.9 Å². The van der Waals surface area contributed by atoms with E-state index in [0.29, 0.717) is 28.4 Å². The van der Waals surface area contributed by atoms with Crippen molar-refractivity contribution in [2.75, 3.05) is 13.6 Å². The third kappa shape index (κ3) is 10.9. The minimum Gasteiger partial charge on any atom is -0.457 e. The molecule has 9 nitrogen and oxygen atoms in total. The molecule has 0 aromatic heterocycles. The predicted octanol–water partition coefficient (Wildman–Crippen LogP) is 6.56. The zero-order valence-corrected chi connectivity index (χ0v) is 27.7. The summed E-state index contributed by atoms with van der Waals surface area (Å²) < 4.78 is 26.0. The van der Waals surface area contributed by atoms with Crippen LogP contribution in [-0.4, -0.2) is 37.3 Å². The van der Waals surface area contributed by atoms with Gasteiger partial charge in [0.25, 0.3) is 0 Å². The number of esters is 3. The lowest BCUT2D eigenvalue weighted by molar-refractivity contribution is -0.157. The highest BCUT2D eigenvalue weighted by Crippen LogP contribution is 2.32. The van der Waals surface area contributed by atoms with Crippen LogP contribution in [0.1, 0.15) is 43.0 Å². The molecule has 0 fully saturated rings. The van der Waals surface area contributed by atoms with E-state index in [1.807, 2.05) is 36.4 Å². The van der Waals surface area contributed by atoms with Gasteiger partial charge in [0.05, 0.1) is 0 Å². The molecule has 0 aliphatic heterocycles. The Morgan fingerprint density at radius 3 is 1.42 bits per heavy atom. The summed E-state index contributed by atoms with van der Waals surface area (Å²) in [5.41, 5.74) is 4.87. The molecule has 0 spiro atoms. The molecule has 0 aliphatic rings. The largest absolute Gasteiger partial charge is 0.457 e. The van der Waals surface area contributed by atoms with Crippen LogP contribution in [-0.2, 0) is 28.7 Å². The molecule has 0 atom stereocenters. The Hall–Kier alpha value is -6.84. The van der Waals surface area contributed by atoms with Crippen molar-refractivity contribution in [3.63, 3.8) is 0 Å². The van der Waals surface area contributed by atoms with Gasteiger partial charge in [0.15, 0.2) is 0 Å². The second-order valence-electron chi connectivity index (χ2n) is 10.7. The first-order valence-corrected chi connectivity index (χ1v) is 15.1. The van der Waals surface area contributed by atoms with Gasteiger partial charge in [-0.05, 0) is 98.3 Å². The van der Waals surface area contributed by atoms with Crippen LogP contribution in [0.15, 0.2) is 115 Å². The standard InChI is InChI=1S/C41H32O9/c1-27(2)39(43)48-25-46-35-21-14-32(15-22-35)8-9-33-16-23-37(38(24-33)50-40(44)28(3)4)34-17-10-30(11-18-34)6-7-31-12-19-36(20-13-31)47-26-49-41(45)29(5)42/h10-24H,1,3,25-26H2,2,4-5H3. The highest BCUT2D eigenvalue weighted by Gasteiger charge is 2.13. The van der Waals surface area contributed by atoms with Gasteiger partial charge in [0, 0.05) is 45.9 Å². The number of ether oxygens (including phenoxy) is 5. The number of Topliss-reactive ketones (excluding diaryl/α,β-unsaturated/α-hetero) is 1. The van der Waals surface area contributed by atoms with Crippen LogP contribution in [0.5, 0.6) is 17.2 Å². The molecule has 9 heteroatoms. The van der Waals surface area contributed by atoms with Crippen molar-refractivity contribution in [3.8, 4) is 52.1 Å². The average molecular weight is 669 g/mol. The van der Waals surface area contributed by atoms with Crippen LogP contribution in [0.2, 0.25) is 0 Å². The van der Waals surface area contributed by atoms with Crippen molar-refractivity contribution < 1.29 is 42.9 Å². The van der Waals surface area contributed by atoms with E-state index >= 15 is 0 Å². The number of rotatable bonds is 11. The zero-order valence-electron chi connectivity index (χ0n) is 27.7. The fourth-order valence-corrected chi connectivity index (χ4v) is 3.93. The predicted molar refractivity (Wildman–Crippen MR) is 186 cm³/mol. The number of carbonyl (C=O) groups is 4. The number of ketones is 1. The van der Waals surface area contributed by atoms with E-state index in [0.717, 1.165) is 29.2 Å². The molecule has 0 N–H and O–H groups in total. The molecule has 0 heterocycles. The molecule has 0 saturated heterocycles. The minimum absolute atomic E-state index is 0.232. The molecule has 0 aliphatic carbocycles. The number of hydrogen-bond acceptors (Lipinski definition) is 9. The van der Waals surface area contributed by atoms with Crippen molar-refractivity contribution in [3.05, 3.63) is 138 Å². The fourth-order valence-electron chi connectivity index (χ4n) is 3.93. The first-order valence-electron chi connectivity index (χ1n) is 15.1. The van der Waals surface area contributed by atoms with Gasteiger partial charge in [-0.25, -0.2) is 14.4 Å². The molecule has 0 saturated carbocycles. The molecular formula is C41H32O9. The van der Waals surface area contributed by atoms with E-state index in [9.17, 15) is 19.2 Å². The molecule has 0 radical (unpaired) electrons. The Kier molecular flexibility index (Phi) is 12.5. The smallest absolute Gasteiger partial charge is 0.377 e. The first-order chi connectivity index (χ1) is 24.0. The van der Waals surface area contributed by atoms with Gasteiger partial charge in [-0.1, -0.05) is 49.0 Å². The van der Waals surface area contributed by atoms with Gasteiger partial charge in [0.2, 0.25) is 19.4 Å². The summed E-state index contributed by atoms with van der Waals surface area (Å²) in [5, 5.41) is 0. The third-order valence-corrected chi connectivity index (χ3v) is 6.61. The highest BCUT2D eigenvalue weighted by molar-refractivity contribution is 6.32. The van der Waals surface area contributed by atoms with Crippen LogP contribution in [0.3, 0.4) is 0 Å². The van der Waals surface area contributed by atoms with E-state index in [1.54, 1.807) is 68.4 Å². The maximum atomic E-state index is 12.5. The van der Waals surface area contributed by atoms with E-state index in [-0.39, 0.29) is 24.7 Å². The maximum Gasteiger partial charge on any atom is 0.377 e. The molecule has 4 rings (SSSR count). The summed E-state index contributed by atoms with van der Waals surface area (Å²) in [7, 11) is 0. The van der Waals surface area contributed by atoms with Gasteiger partial charge in [0.1, 0.15) is 17.2 Å². The summed E-state index contributed by atoms with van der Waals surface area (Å²) >= 11 is 0. The summed E-state index contributed by atoms with van der Waals surface area (Å²) in [6.45, 7) is 10.9. The fraction of sp³-hybridized carbons (Fsp3) is 0.122. The molecule has 4 aromatic carbocycles. The molecule has 0 amide bonds. The van der Waals surface area contributed by atoms with Crippen molar-refractivity contribution >= 4 is 23.7 Å². The normalized spacial score (nSPS) is 9.82. The van der Waals surface area contributed by atoms with Crippen LogP contribution in [0, 0.1) is 23.7 Å². The average Bonchev–Trinajstić information content (AvgIpc) is 3.11. The Morgan fingerprint density at radius 2 is 0.960 bits per heavy atom. The van der Waals surface area contributed by atoms with Crippen LogP contribution in [0.4, 0.5) is 0 Å². The van der Waals surface area contributed by atoms with Crippen molar-refractivity contribution in [1.82, 2.24) is 0 Å². The van der Waals surface area contributed by atoms with Gasteiger partial charge in [-0.15, -0.1) is 0 Å². The lowest BCUT2D eigenvalue weighted by atomic mass is 10.0. The zero-order chi connectivity index (χ0) is 36.0. The van der Waals surface area contributed by atoms with Crippen molar-refractivity contribution in [2.45, 2.75) is 20.8 Å². The monoisotopic (exact) mass is 668 g/mol. The lowest BCUT2D eigenvalue weighted by Crippen LogP contribution is -2.16. The highest BCUT2D eigenvalue weighted by atomic mass is 16.7. The van der Waals surface area contributed by atoms with Crippen LogP contribution < -0.4 is 14.2 Å². The topological polar surface area (TPSA) is 114 Å².